The van der Waals surface area contributed by atoms with Crippen molar-refractivity contribution in [2.24, 2.45) is 22.9 Å². The number of pyridine rings is 3. The second-order valence-electron chi connectivity index (χ2n) is 30.1. The molecule has 29 heteroatoms. The summed E-state index contributed by atoms with van der Waals surface area (Å²) in [5, 5.41) is 39.4. The van der Waals surface area contributed by atoms with Gasteiger partial charge in [-0.2, -0.15) is 0 Å². The van der Waals surface area contributed by atoms with E-state index in [1.165, 1.54) is 93.9 Å². The van der Waals surface area contributed by atoms with Gasteiger partial charge < -0.3 is 77.3 Å². The van der Waals surface area contributed by atoms with Crippen LogP contribution in [0.1, 0.15) is 154 Å². The number of nitrogens with zero attached hydrogens (tertiary/aromatic N) is 3. The van der Waals surface area contributed by atoms with Crippen LogP contribution >= 0.6 is 23.2 Å². The number of ketones is 2. The van der Waals surface area contributed by atoms with Crippen molar-refractivity contribution in [3.8, 4) is 56.8 Å². The minimum Gasteiger partial charge on any atom is -0.493 e. The Morgan fingerprint density at radius 1 is 0.441 bits per heavy atom. The number of nitrogens with one attached hydrogen (secondary N) is 2. The molecule has 0 bridgehead atoms. The van der Waals surface area contributed by atoms with Crippen molar-refractivity contribution in [2.75, 3.05) is 34.0 Å². The number of amides is 4. The molecule has 3 heterocycles. The molecule has 118 heavy (non-hydrogen) atoms. The van der Waals surface area contributed by atoms with Gasteiger partial charge in [-0.25, -0.2) is 37.7 Å². The lowest BCUT2D eigenvalue weighted by atomic mass is 9.87. The van der Waals surface area contributed by atoms with Gasteiger partial charge in [0.05, 0.1) is 69.5 Å². The summed E-state index contributed by atoms with van der Waals surface area (Å²) < 4.78 is 73.1. The Bertz CT molecular complexity index is 5230. The molecule has 4 amide bonds. The van der Waals surface area contributed by atoms with Gasteiger partial charge in [-0.3, -0.25) is 19.2 Å². The highest BCUT2D eigenvalue weighted by molar-refractivity contribution is 6.31. The number of carbonyl (C=O) groups excluding carboxylic acids is 6. The second-order valence-corrected chi connectivity index (χ2v) is 30.9. The van der Waals surface area contributed by atoms with Crippen molar-refractivity contribution in [1.29, 1.82) is 0 Å². The first-order valence-electron chi connectivity index (χ1n) is 37.1. The summed E-state index contributed by atoms with van der Waals surface area (Å²) in [6.07, 6.45) is -1.26. The van der Waals surface area contributed by atoms with Crippen LogP contribution in [0.4, 0.5) is 22.8 Å². The average Bonchev–Trinajstić information content (AvgIpc) is 0.784. The number of hydrogen-bond donors (Lipinski definition) is 9. The zero-order valence-corrected chi connectivity index (χ0v) is 68.6. The summed E-state index contributed by atoms with van der Waals surface area (Å²) in [5.41, 5.74) is 23.4. The van der Waals surface area contributed by atoms with E-state index in [1.54, 1.807) is 96.1 Å². The topological polar surface area (TPSA) is 385 Å². The largest absolute Gasteiger partial charge is 0.493 e. The van der Waals surface area contributed by atoms with Gasteiger partial charge in [-0.1, -0.05) is 83.9 Å². The third-order valence-electron chi connectivity index (χ3n) is 18.9. The molecule has 3 unspecified atom stereocenters. The number of nitrogens with two attached hydrogens (primary N) is 4. The van der Waals surface area contributed by atoms with Crippen LogP contribution in [0.15, 0.2) is 194 Å². The lowest BCUT2D eigenvalue weighted by Gasteiger charge is -2.30. The van der Waals surface area contributed by atoms with E-state index in [0.717, 1.165) is 16.7 Å². The molecule has 0 spiro atoms. The molecule has 24 nitrogen and oxygen atoms in total. The maximum atomic E-state index is 14.0. The number of primary amides is 2. The minimum absolute atomic E-state index is 0.0153. The fourth-order valence-electron chi connectivity index (χ4n) is 11.6. The molecule has 0 saturated heterocycles. The van der Waals surface area contributed by atoms with Gasteiger partial charge in [0, 0.05) is 52.7 Å². The van der Waals surface area contributed by atoms with Gasteiger partial charge in [-0.15, -0.1) is 0 Å². The van der Waals surface area contributed by atoms with Crippen molar-refractivity contribution in [3.63, 3.8) is 0 Å². The monoisotopic (exact) mass is 1660 g/mol. The number of benzene rings is 7. The van der Waals surface area contributed by atoms with E-state index < -0.39 is 69.1 Å². The highest BCUT2D eigenvalue weighted by Crippen LogP contribution is 2.39. The Morgan fingerprint density at radius 2 is 0.797 bits per heavy atom. The predicted molar refractivity (Wildman–Crippen MR) is 442 cm³/mol. The summed E-state index contributed by atoms with van der Waals surface area (Å²) in [6, 6.07) is 52.3. The van der Waals surface area contributed by atoms with Crippen molar-refractivity contribution in [3.05, 3.63) is 278 Å². The number of methoxy groups -OCH3 is 2. The van der Waals surface area contributed by atoms with E-state index in [1.807, 2.05) is 80.6 Å². The summed E-state index contributed by atoms with van der Waals surface area (Å²) in [5.74, 6) is -2.29. The SMILES string of the molecule is CC(O)(CN)c1cc(C(C)(C)NC(=O)OCc2ccccc2)cc(-c2ccc(F)c(Cl)c2)n1.COc1cc(C(=O)CCC(C)(O)c2cc(C(C)(C)N)cc(-c3ccc(F)cc3)n2)ccc1OCC(N)=O.COc1cc(C(=O)CCC(C)(O)c2cc(C(C)(C)NC(=O)OCc3ccccc3)cc(-c3ccc(F)c(Cl)c3)n2)ccc1OCC(N)=O. The number of carbonyl (C=O) groups is 6. The van der Waals surface area contributed by atoms with Crippen LogP contribution < -0.4 is 52.5 Å². The van der Waals surface area contributed by atoms with Crippen molar-refractivity contribution in [1.82, 2.24) is 25.6 Å². The zero-order chi connectivity index (χ0) is 86.7. The number of halogens is 5. The number of alkyl carbamates (subject to hydrolysis) is 2. The number of aromatic nitrogens is 3. The Morgan fingerprint density at radius 3 is 1.15 bits per heavy atom. The highest BCUT2D eigenvalue weighted by atomic mass is 35.5. The molecule has 10 rings (SSSR count). The zero-order valence-electron chi connectivity index (χ0n) is 67.1. The molecule has 3 atom stereocenters. The maximum absolute atomic E-state index is 14.0. The third-order valence-corrected chi connectivity index (χ3v) is 19.5. The van der Waals surface area contributed by atoms with E-state index in [0.29, 0.717) is 67.4 Å². The number of rotatable bonds is 32. The third kappa shape index (κ3) is 25.8. The Hall–Kier alpha value is -11.8. The number of Topliss-reactive ketones (excluding diaryl/α,β-unsaturated/α-hetero) is 2. The highest BCUT2D eigenvalue weighted by Gasteiger charge is 2.35. The standard InChI is InChI=1S/C36H37ClFN3O7.C28H32FN3O5.C25H27ClFN3O3/c1-35(2,41-34(44)48-20-22-8-6-5-7-9-22)25-18-28(23-10-12-27(38)26(37)16-23)40-32(19-25)36(3,45)15-14-29(42)24-11-13-30(31(17-24)46-4)47-21-33(39)43;1-27(2,31)19-14-21(17-5-8-20(29)9-6-17)32-25(15-19)28(3,35)12-11-22(33)18-7-10-23(24(13-18)36-4)37-16-26(30)34;1-24(2,30-23(31)33-14-16-7-5-4-6-8-16)18-12-21(17-9-10-20(27)19(26)11-17)29-22(13-18)25(3,32)15-28/h5-13,16-19,45H,14-15,20-21H2,1-4H3,(H2,39,43)(H,41,44);5-10,13-15,35H,11-12,16,31H2,1-4H3,(H2,30,34);4-13,32H,14-15,28H2,1-3H3,(H,30,31). The van der Waals surface area contributed by atoms with Gasteiger partial charge in [0.2, 0.25) is 0 Å². The smallest absolute Gasteiger partial charge is 0.408 e. The van der Waals surface area contributed by atoms with E-state index in [-0.39, 0.29) is 115 Å². The van der Waals surface area contributed by atoms with E-state index in [9.17, 15) is 57.3 Å². The maximum Gasteiger partial charge on any atom is 0.408 e. The Kier molecular flexibility index (Phi) is 31.0. The summed E-state index contributed by atoms with van der Waals surface area (Å²) in [7, 11) is 2.82. The Balaban J connectivity index is 0.000000225. The fraction of sp³-hybridized carbons (Fsp3) is 0.292. The van der Waals surface area contributed by atoms with Crippen LogP contribution in [0.5, 0.6) is 23.0 Å². The molecule has 622 valence electrons. The van der Waals surface area contributed by atoms with Gasteiger partial charge >= 0.3 is 12.2 Å². The molecule has 0 aliphatic heterocycles. The minimum atomic E-state index is -1.62. The molecule has 13 N–H and O–H groups in total. The second kappa shape index (κ2) is 39.9. The van der Waals surface area contributed by atoms with Crippen LogP contribution in [0, 0.1) is 17.5 Å². The van der Waals surface area contributed by atoms with Crippen LogP contribution in [-0.2, 0) is 65.7 Å². The van der Waals surface area contributed by atoms with Gasteiger partial charge in [0.15, 0.2) is 47.8 Å². The molecule has 3 aromatic heterocycles. The van der Waals surface area contributed by atoms with E-state index >= 15 is 0 Å². The summed E-state index contributed by atoms with van der Waals surface area (Å²) in [4.78, 5) is 87.4. The molecule has 10 aromatic rings. The average molecular weight is 1660 g/mol. The number of hydrogen-bond acceptors (Lipinski definition) is 20. The Labute approximate surface area is 692 Å². The molecule has 0 aliphatic rings. The molecule has 0 saturated carbocycles. The van der Waals surface area contributed by atoms with Gasteiger partial charge in [0.1, 0.15) is 47.5 Å². The van der Waals surface area contributed by atoms with Crippen LogP contribution in [0.25, 0.3) is 33.8 Å². The molecule has 0 fully saturated rings. The van der Waals surface area contributed by atoms with Gasteiger partial charge in [-0.05, 0) is 236 Å². The molecule has 7 aromatic carbocycles. The van der Waals surface area contributed by atoms with E-state index in [2.05, 4.69) is 25.6 Å². The summed E-state index contributed by atoms with van der Waals surface area (Å²) >= 11 is 12.0. The molecule has 0 radical (unpaired) electrons. The number of ether oxygens (including phenoxy) is 6. The van der Waals surface area contributed by atoms with Gasteiger partial charge in [0.25, 0.3) is 11.8 Å². The van der Waals surface area contributed by atoms with Crippen molar-refractivity contribution < 1.29 is 85.7 Å². The lowest BCUT2D eigenvalue weighted by molar-refractivity contribution is -0.120. The van der Waals surface area contributed by atoms with Crippen LogP contribution in [-0.4, -0.2) is 99.8 Å². The molecular weight excluding hydrogens is 1560 g/mol. The van der Waals surface area contributed by atoms with Crippen molar-refractivity contribution in [2.45, 2.75) is 135 Å². The summed E-state index contributed by atoms with van der Waals surface area (Å²) in [6.45, 7) is 14.9. The fourth-order valence-corrected chi connectivity index (χ4v) is 12.0. The predicted octanol–water partition coefficient (Wildman–Crippen LogP) is 15.1. The van der Waals surface area contributed by atoms with E-state index in [4.69, 9.17) is 74.6 Å². The lowest BCUT2D eigenvalue weighted by Crippen LogP contribution is -2.42. The number of aliphatic hydroxyl groups is 3. The first-order chi connectivity index (χ1) is 55.5. The molecule has 0 aliphatic carbocycles. The first-order valence-corrected chi connectivity index (χ1v) is 37.9. The van der Waals surface area contributed by atoms with Crippen molar-refractivity contribution >= 4 is 58.8 Å². The quantitative estimate of drug-likeness (QED) is 0.0177. The van der Waals surface area contributed by atoms with Crippen LogP contribution in [0.2, 0.25) is 10.0 Å². The normalized spacial score (nSPS) is 12.9. The molecular formula is C89H96Cl2F3N9O15. The first kappa shape index (κ1) is 91.7. The van der Waals surface area contributed by atoms with Crippen LogP contribution in [0.3, 0.4) is 0 Å².